The quantitative estimate of drug-likeness (QED) is 0.739. The van der Waals surface area contributed by atoms with E-state index < -0.39 is 0 Å². The Labute approximate surface area is 180 Å². The number of fused-ring (bicyclic) bond motifs is 1. The molecule has 0 spiro atoms. The van der Waals surface area contributed by atoms with Crippen molar-refractivity contribution in [2.45, 2.75) is 31.7 Å². The average molecular weight is 459 g/mol. The average Bonchev–Trinajstić information content (AvgIpc) is 2.99. The molecule has 1 N–H and O–H groups in total. The van der Waals surface area contributed by atoms with Gasteiger partial charge in [0.2, 0.25) is 0 Å². The van der Waals surface area contributed by atoms with Gasteiger partial charge in [-0.2, -0.15) is 0 Å². The predicted molar refractivity (Wildman–Crippen MR) is 117 cm³/mol. The molecule has 1 aromatic heterocycles. The van der Waals surface area contributed by atoms with Crippen LogP contribution in [0.2, 0.25) is 0 Å². The molecule has 0 aliphatic carbocycles. The number of nitrogens with zero attached hydrogens (tertiary/aromatic N) is 3. The summed E-state index contributed by atoms with van der Waals surface area (Å²) in [5, 5.41) is 2.95. The van der Waals surface area contributed by atoms with Crippen molar-refractivity contribution in [3.63, 3.8) is 0 Å². The number of ether oxygens (including phenoxy) is 1. The molecule has 3 heterocycles. The Hall–Kier alpha value is -2.12. The fourth-order valence-electron chi connectivity index (χ4n) is 4.40. The third kappa shape index (κ3) is 4.73. The zero-order chi connectivity index (χ0) is 20.2. The molecule has 0 radical (unpaired) electrons. The number of rotatable bonds is 4. The van der Waals surface area contributed by atoms with Gasteiger partial charge in [0.25, 0.3) is 0 Å². The zero-order valence-electron chi connectivity index (χ0n) is 16.7. The maximum absolute atomic E-state index is 12.9. The first-order valence-corrected chi connectivity index (χ1v) is 11.1. The second kappa shape index (κ2) is 9.13. The lowest BCUT2D eigenvalue weighted by molar-refractivity contribution is 0.196. The minimum Gasteiger partial charge on any atom is -0.492 e. The van der Waals surface area contributed by atoms with Crippen molar-refractivity contribution in [2.75, 3.05) is 38.1 Å². The van der Waals surface area contributed by atoms with Crippen LogP contribution in [0.25, 0.3) is 0 Å². The molecular weight excluding hydrogens is 432 g/mol. The number of urea groups is 1. The number of anilines is 1. The van der Waals surface area contributed by atoms with Crippen molar-refractivity contribution >= 4 is 27.8 Å². The number of carbonyl (C=O) groups excluding carboxylic acids is 1. The third-order valence-electron chi connectivity index (χ3n) is 5.81. The van der Waals surface area contributed by atoms with Gasteiger partial charge in [0, 0.05) is 36.1 Å². The first-order valence-electron chi connectivity index (χ1n) is 10.3. The summed E-state index contributed by atoms with van der Waals surface area (Å²) >= 11 is 3.52. The molecule has 4 rings (SSSR count). The van der Waals surface area contributed by atoms with Crippen molar-refractivity contribution in [3.8, 4) is 5.75 Å². The lowest BCUT2D eigenvalue weighted by Crippen LogP contribution is -2.43. The monoisotopic (exact) mass is 458 g/mol. The fraction of sp³-hybridized carbons (Fsp3) is 0.455. The Morgan fingerprint density at radius 2 is 2.03 bits per heavy atom. The van der Waals surface area contributed by atoms with Gasteiger partial charge in [0.1, 0.15) is 11.6 Å². The van der Waals surface area contributed by atoms with Gasteiger partial charge in [-0.05, 0) is 56.1 Å². The molecule has 2 atom stereocenters. The molecule has 2 aromatic rings. The van der Waals surface area contributed by atoms with E-state index in [1.54, 1.807) is 12.3 Å². The van der Waals surface area contributed by atoms with Crippen molar-refractivity contribution in [1.29, 1.82) is 0 Å². The molecule has 1 aromatic carbocycles. The van der Waals surface area contributed by atoms with Gasteiger partial charge in [-0.15, -0.1) is 0 Å². The molecule has 2 amide bonds. The maximum atomic E-state index is 12.9. The lowest BCUT2D eigenvalue weighted by Gasteiger charge is -2.30. The van der Waals surface area contributed by atoms with Crippen LogP contribution >= 0.6 is 15.9 Å². The standard InChI is InChI=1S/C22H27BrN4O2/c1-2-29-18-8-9-21(24-14-18)25-22(28)27-12-3-11-26-13-10-19(20(26)15-27)16-4-6-17(23)7-5-16/h4-9,14,19-20H,2-3,10-13,15H2,1H3,(H,24,25,28)/t19-,20+/m1/s1. The van der Waals surface area contributed by atoms with Gasteiger partial charge in [-0.3, -0.25) is 10.2 Å². The third-order valence-corrected chi connectivity index (χ3v) is 6.34. The number of benzene rings is 1. The number of carbonyl (C=O) groups is 1. The van der Waals surface area contributed by atoms with Gasteiger partial charge in [0.15, 0.2) is 0 Å². The van der Waals surface area contributed by atoms with Crippen LogP contribution in [0.3, 0.4) is 0 Å². The van der Waals surface area contributed by atoms with Gasteiger partial charge in [0.05, 0.1) is 12.8 Å². The molecule has 0 unspecified atom stereocenters. The van der Waals surface area contributed by atoms with E-state index in [-0.39, 0.29) is 6.03 Å². The Bertz CT molecular complexity index is 828. The first-order chi connectivity index (χ1) is 14.1. The van der Waals surface area contributed by atoms with E-state index in [1.165, 1.54) is 5.56 Å². The van der Waals surface area contributed by atoms with Gasteiger partial charge in [-0.1, -0.05) is 28.1 Å². The van der Waals surface area contributed by atoms with E-state index in [0.29, 0.717) is 30.1 Å². The van der Waals surface area contributed by atoms with Crippen molar-refractivity contribution in [2.24, 2.45) is 0 Å². The summed E-state index contributed by atoms with van der Waals surface area (Å²) in [4.78, 5) is 21.7. The number of hydrogen-bond donors (Lipinski definition) is 1. The molecule has 2 aliphatic heterocycles. The number of aromatic nitrogens is 1. The Balaban J connectivity index is 1.44. The number of hydrogen-bond acceptors (Lipinski definition) is 4. The summed E-state index contributed by atoms with van der Waals surface area (Å²) in [5.41, 5.74) is 1.36. The van der Waals surface area contributed by atoms with Crippen LogP contribution in [-0.4, -0.2) is 59.6 Å². The highest BCUT2D eigenvalue weighted by atomic mass is 79.9. The van der Waals surface area contributed by atoms with Crippen LogP contribution in [-0.2, 0) is 0 Å². The van der Waals surface area contributed by atoms with Crippen LogP contribution in [0.5, 0.6) is 5.75 Å². The van der Waals surface area contributed by atoms with Gasteiger partial charge < -0.3 is 9.64 Å². The van der Waals surface area contributed by atoms with E-state index in [9.17, 15) is 4.79 Å². The van der Waals surface area contributed by atoms with E-state index in [0.717, 1.165) is 43.5 Å². The molecule has 6 nitrogen and oxygen atoms in total. The lowest BCUT2D eigenvalue weighted by atomic mass is 9.91. The largest absolute Gasteiger partial charge is 0.492 e. The van der Waals surface area contributed by atoms with Crippen LogP contribution in [0.4, 0.5) is 10.6 Å². The molecule has 7 heteroatoms. The van der Waals surface area contributed by atoms with E-state index in [4.69, 9.17) is 4.74 Å². The van der Waals surface area contributed by atoms with E-state index >= 15 is 0 Å². The van der Waals surface area contributed by atoms with E-state index in [1.807, 2.05) is 17.9 Å². The summed E-state index contributed by atoms with van der Waals surface area (Å²) in [7, 11) is 0. The first kappa shape index (κ1) is 20.2. The minimum absolute atomic E-state index is 0.0787. The SMILES string of the molecule is CCOc1ccc(NC(=O)N2CCCN3CC[C@H](c4ccc(Br)cc4)[C@@H]3C2)nc1. The summed E-state index contributed by atoms with van der Waals surface area (Å²) in [6.07, 6.45) is 3.78. The van der Waals surface area contributed by atoms with Crippen LogP contribution in [0.15, 0.2) is 47.1 Å². The number of nitrogens with one attached hydrogen (secondary N) is 1. The highest BCUT2D eigenvalue weighted by Crippen LogP contribution is 2.35. The molecule has 2 aliphatic rings. The minimum atomic E-state index is -0.0787. The van der Waals surface area contributed by atoms with Crippen LogP contribution in [0, 0.1) is 0 Å². The second-order valence-electron chi connectivity index (χ2n) is 7.59. The van der Waals surface area contributed by atoms with E-state index in [2.05, 4.69) is 55.4 Å². The zero-order valence-corrected chi connectivity index (χ0v) is 18.3. The van der Waals surface area contributed by atoms with Crippen molar-refractivity contribution < 1.29 is 9.53 Å². The number of halogens is 1. The Kier molecular flexibility index (Phi) is 6.35. The Morgan fingerprint density at radius 3 is 2.76 bits per heavy atom. The summed E-state index contributed by atoms with van der Waals surface area (Å²) in [6.45, 7) is 6.18. The summed E-state index contributed by atoms with van der Waals surface area (Å²) in [5.74, 6) is 1.72. The van der Waals surface area contributed by atoms with Gasteiger partial charge >= 0.3 is 6.03 Å². The summed E-state index contributed by atoms with van der Waals surface area (Å²) in [6, 6.07) is 12.5. The molecule has 0 saturated carbocycles. The van der Waals surface area contributed by atoms with Crippen LogP contribution < -0.4 is 10.1 Å². The molecule has 0 bridgehead atoms. The molecule has 154 valence electrons. The molecule has 2 fully saturated rings. The number of amides is 2. The van der Waals surface area contributed by atoms with Gasteiger partial charge in [-0.25, -0.2) is 9.78 Å². The normalized spacial score (nSPS) is 22.1. The number of pyridine rings is 1. The topological polar surface area (TPSA) is 57.7 Å². The smallest absolute Gasteiger partial charge is 0.323 e. The molecule has 29 heavy (non-hydrogen) atoms. The second-order valence-corrected chi connectivity index (χ2v) is 8.51. The van der Waals surface area contributed by atoms with Crippen LogP contribution in [0.1, 0.15) is 31.2 Å². The molecule has 2 saturated heterocycles. The van der Waals surface area contributed by atoms with Crippen molar-refractivity contribution in [1.82, 2.24) is 14.8 Å². The summed E-state index contributed by atoms with van der Waals surface area (Å²) < 4.78 is 6.51. The highest BCUT2D eigenvalue weighted by molar-refractivity contribution is 9.10. The Morgan fingerprint density at radius 1 is 1.21 bits per heavy atom. The fourth-order valence-corrected chi connectivity index (χ4v) is 4.66. The highest BCUT2D eigenvalue weighted by Gasteiger charge is 2.38. The predicted octanol–water partition coefficient (Wildman–Crippen LogP) is 4.34. The molecular formula is C22H27BrN4O2. The maximum Gasteiger partial charge on any atom is 0.323 e. The van der Waals surface area contributed by atoms with Crippen molar-refractivity contribution in [3.05, 3.63) is 52.6 Å².